The van der Waals surface area contributed by atoms with Crippen molar-refractivity contribution in [2.75, 3.05) is 24.5 Å². The van der Waals surface area contributed by atoms with E-state index in [2.05, 4.69) is 0 Å². The van der Waals surface area contributed by atoms with Crippen molar-refractivity contribution in [2.24, 2.45) is 0 Å². The molecule has 150 valence electrons. The lowest BCUT2D eigenvalue weighted by Gasteiger charge is -2.35. The van der Waals surface area contributed by atoms with Crippen molar-refractivity contribution in [3.05, 3.63) is 58.3 Å². The van der Waals surface area contributed by atoms with Crippen LogP contribution in [0.5, 0.6) is 0 Å². The first-order valence-electron chi connectivity index (χ1n) is 9.18. The first kappa shape index (κ1) is 18.7. The Kier molecular flexibility index (Phi) is 4.75. The predicted octanol–water partition coefficient (Wildman–Crippen LogP) is 2.26. The summed E-state index contributed by atoms with van der Waals surface area (Å²) >= 11 is 0. The summed E-state index contributed by atoms with van der Waals surface area (Å²) in [6.07, 6.45) is 1.02. The third kappa shape index (κ3) is 3.44. The Hall–Kier alpha value is -3.69. The van der Waals surface area contributed by atoms with E-state index in [9.17, 15) is 24.5 Å². The number of carbonyl (C=O) groups excluding carboxylic acids is 3. The Morgan fingerprint density at radius 2 is 1.76 bits per heavy atom. The van der Waals surface area contributed by atoms with Gasteiger partial charge in [0.25, 0.3) is 11.8 Å². The van der Waals surface area contributed by atoms with Gasteiger partial charge in [-0.1, -0.05) is 18.2 Å². The van der Waals surface area contributed by atoms with Gasteiger partial charge >= 0.3 is 11.9 Å². The number of likely N-dealkylation sites (tertiary alicyclic amines) is 1. The molecule has 4 rings (SSSR count). The fraction of sp³-hybridized carbons (Fsp3) is 0.316. The topological polar surface area (TPSA) is 117 Å². The molecule has 10 nitrogen and oxygen atoms in total. The Labute approximate surface area is 165 Å². The molecule has 0 aliphatic carbocycles. The van der Waals surface area contributed by atoms with Crippen LogP contribution in [0.1, 0.15) is 23.4 Å². The van der Waals surface area contributed by atoms with Gasteiger partial charge in [0, 0.05) is 19.1 Å². The molecule has 2 aliphatic heterocycles. The van der Waals surface area contributed by atoms with Crippen LogP contribution in [0.3, 0.4) is 0 Å². The lowest BCUT2D eigenvalue weighted by molar-refractivity contribution is -0.402. The van der Waals surface area contributed by atoms with Crippen molar-refractivity contribution in [1.82, 2.24) is 9.80 Å². The Morgan fingerprint density at radius 1 is 1.07 bits per heavy atom. The van der Waals surface area contributed by atoms with Crippen LogP contribution in [0.4, 0.5) is 16.4 Å². The van der Waals surface area contributed by atoms with Crippen molar-refractivity contribution >= 4 is 29.4 Å². The van der Waals surface area contributed by atoms with Crippen molar-refractivity contribution < 1.29 is 23.7 Å². The number of benzene rings is 1. The van der Waals surface area contributed by atoms with Crippen molar-refractivity contribution in [3.8, 4) is 0 Å². The zero-order valence-electron chi connectivity index (χ0n) is 15.4. The average molecular weight is 398 g/mol. The van der Waals surface area contributed by atoms with E-state index < -0.39 is 16.7 Å². The summed E-state index contributed by atoms with van der Waals surface area (Å²) in [5, 5.41) is 10.7. The van der Waals surface area contributed by atoms with Crippen LogP contribution in [-0.4, -0.2) is 58.2 Å². The van der Waals surface area contributed by atoms with Crippen LogP contribution in [0.15, 0.2) is 46.9 Å². The standard InChI is InChI=1S/C19H18N4O6/c24-16-12-21(19(26)22(16)14-4-2-1-3-5-14)13-8-10-20(11-9-13)18(25)15-6-7-17(29-15)23(27)28/h1-7,13H,8-12H2. The number of nitrogens with zero attached hydrogens (tertiary/aromatic N) is 4. The highest BCUT2D eigenvalue weighted by Crippen LogP contribution is 2.27. The second-order valence-corrected chi connectivity index (χ2v) is 6.89. The number of hydrogen-bond acceptors (Lipinski definition) is 6. The van der Waals surface area contributed by atoms with Crippen LogP contribution in [-0.2, 0) is 4.79 Å². The zero-order chi connectivity index (χ0) is 20.5. The molecule has 0 saturated carbocycles. The van der Waals surface area contributed by atoms with Crippen LogP contribution < -0.4 is 4.90 Å². The highest BCUT2D eigenvalue weighted by molar-refractivity contribution is 6.19. The van der Waals surface area contributed by atoms with Crippen LogP contribution in [0, 0.1) is 10.1 Å². The normalized spacial score (nSPS) is 17.9. The molecule has 3 heterocycles. The van der Waals surface area contributed by atoms with E-state index in [-0.39, 0.29) is 30.3 Å². The molecule has 0 spiro atoms. The first-order chi connectivity index (χ1) is 14.0. The number of para-hydroxylation sites is 1. The quantitative estimate of drug-likeness (QED) is 0.443. The van der Waals surface area contributed by atoms with Crippen LogP contribution in [0.25, 0.3) is 0 Å². The number of carbonyl (C=O) groups is 3. The lowest BCUT2D eigenvalue weighted by Crippen LogP contribution is -2.48. The molecular weight excluding hydrogens is 380 g/mol. The van der Waals surface area contributed by atoms with Gasteiger partial charge in [0.05, 0.1) is 11.8 Å². The summed E-state index contributed by atoms with van der Waals surface area (Å²) in [6.45, 7) is 0.735. The molecule has 1 aromatic carbocycles. The van der Waals surface area contributed by atoms with Gasteiger partial charge in [-0.15, -0.1) is 0 Å². The minimum absolute atomic E-state index is 0.0106. The van der Waals surface area contributed by atoms with Gasteiger partial charge in [0.2, 0.25) is 0 Å². The first-order valence-corrected chi connectivity index (χ1v) is 9.18. The predicted molar refractivity (Wildman–Crippen MR) is 100 cm³/mol. The Balaban J connectivity index is 1.39. The van der Waals surface area contributed by atoms with Gasteiger partial charge in [-0.2, -0.15) is 0 Å². The molecule has 0 atom stereocenters. The maximum Gasteiger partial charge on any atom is 0.433 e. The van der Waals surface area contributed by atoms with E-state index in [4.69, 9.17) is 4.42 Å². The summed E-state index contributed by atoms with van der Waals surface area (Å²) < 4.78 is 4.97. The van der Waals surface area contributed by atoms with Crippen molar-refractivity contribution in [2.45, 2.75) is 18.9 Å². The van der Waals surface area contributed by atoms with Gasteiger partial charge in [-0.25, -0.2) is 9.69 Å². The number of piperidine rings is 1. The number of furan rings is 1. The molecule has 2 fully saturated rings. The van der Waals surface area contributed by atoms with E-state index in [1.165, 1.54) is 15.9 Å². The Morgan fingerprint density at radius 3 is 2.38 bits per heavy atom. The largest absolute Gasteiger partial charge is 0.433 e. The molecule has 29 heavy (non-hydrogen) atoms. The maximum atomic E-state index is 12.8. The highest BCUT2D eigenvalue weighted by Gasteiger charge is 2.42. The van der Waals surface area contributed by atoms with E-state index in [1.54, 1.807) is 29.2 Å². The third-order valence-corrected chi connectivity index (χ3v) is 5.18. The molecule has 10 heteroatoms. The van der Waals surface area contributed by atoms with Crippen molar-refractivity contribution in [1.29, 1.82) is 0 Å². The number of amides is 4. The lowest BCUT2D eigenvalue weighted by atomic mass is 10.0. The second kappa shape index (κ2) is 7.38. The minimum Gasteiger partial charge on any atom is -0.395 e. The number of imide groups is 1. The molecule has 2 saturated heterocycles. The fourth-order valence-corrected chi connectivity index (χ4v) is 3.71. The van der Waals surface area contributed by atoms with Gasteiger partial charge in [0.15, 0.2) is 5.76 Å². The molecular formula is C19H18N4O6. The average Bonchev–Trinajstić information content (AvgIpc) is 3.33. The fourth-order valence-electron chi connectivity index (χ4n) is 3.71. The maximum absolute atomic E-state index is 12.8. The summed E-state index contributed by atoms with van der Waals surface area (Å²) in [5.74, 6) is -1.27. The second-order valence-electron chi connectivity index (χ2n) is 6.89. The van der Waals surface area contributed by atoms with Crippen LogP contribution >= 0.6 is 0 Å². The third-order valence-electron chi connectivity index (χ3n) is 5.18. The van der Waals surface area contributed by atoms with Gasteiger partial charge < -0.3 is 14.2 Å². The monoisotopic (exact) mass is 398 g/mol. The van der Waals surface area contributed by atoms with Crippen molar-refractivity contribution in [3.63, 3.8) is 0 Å². The van der Waals surface area contributed by atoms with Gasteiger partial charge in [0.1, 0.15) is 11.5 Å². The number of urea groups is 1. The van der Waals surface area contributed by atoms with Gasteiger partial charge in [-0.3, -0.25) is 19.7 Å². The van der Waals surface area contributed by atoms with Gasteiger partial charge in [-0.05, 0) is 31.0 Å². The highest BCUT2D eigenvalue weighted by atomic mass is 16.6. The molecule has 2 aliphatic rings. The number of hydrogen-bond donors (Lipinski definition) is 0. The molecule has 0 radical (unpaired) electrons. The summed E-state index contributed by atoms with van der Waals surface area (Å²) in [4.78, 5) is 51.9. The smallest absolute Gasteiger partial charge is 0.395 e. The molecule has 4 amide bonds. The molecule has 2 aromatic rings. The SMILES string of the molecule is O=C(c1ccc([N+](=O)[O-])o1)N1CCC(N2CC(=O)N(c3ccccc3)C2=O)CC1. The zero-order valence-corrected chi connectivity index (χ0v) is 15.4. The Bertz CT molecular complexity index is 964. The van der Waals surface area contributed by atoms with E-state index in [1.807, 2.05) is 6.07 Å². The van der Waals surface area contributed by atoms with E-state index in [0.717, 1.165) is 6.07 Å². The molecule has 0 N–H and O–H groups in total. The van der Waals surface area contributed by atoms with E-state index >= 15 is 0 Å². The molecule has 0 bridgehead atoms. The number of nitro groups is 1. The molecule has 1 aromatic heterocycles. The summed E-state index contributed by atoms with van der Waals surface area (Å²) in [5.41, 5.74) is 0.539. The van der Waals surface area contributed by atoms with Crippen LogP contribution in [0.2, 0.25) is 0 Å². The van der Waals surface area contributed by atoms with E-state index in [0.29, 0.717) is 31.6 Å². The number of rotatable bonds is 4. The summed E-state index contributed by atoms with van der Waals surface area (Å²) in [7, 11) is 0. The minimum atomic E-state index is -0.697. The molecule has 0 unspecified atom stereocenters. The summed E-state index contributed by atoms with van der Waals surface area (Å²) in [6, 6.07) is 10.7. The number of anilines is 1.